The summed E-state index contributed by atoms with van der Waals surface area (Å²) in [6, 6.07) is 7.13. The first-order valence-electron chi connectivity index (χ1n) is 15.5. The number of imidazole rings is 1. The van der Waals surface area contributed by atoms with Gasteiger partial charge in [-0.1, -0.05) is 11.6 Å². The van der Waals surface area contributed by atoms with Crippen LogP contribution in [0.4, 0.5) is 14.5 Å². The topological polar surface area (TPSA) is 120 Å². The number of anilines is 1. The Bertz CT molecular complexity index is 1720. The average molecular weight is 686 g/mol. The number of carbonyl (C=O) groups is 4. The van der Waals surface area contributed by atoms with E-state index in [1.165, 1.54) is 55.3 Å². The highest BCUT2D eigenvalue weighted by Crippen LogP contribution is 2.30. The number of halogens is 3. The molecular weight excluding hydrogens is 648 g/mol. The van der Waals surface area contributed by atoms with E-state index in [1.807, 2.05) is 23.9 Å². The number of methoxy groups -OCH3 is 1. The van der Waals surface area contributed by atoms with E-state index in [-0.39, 0.29) is 57.1 Å². The zero-order valence-corrected chi connectivity index (χ0v) is 28.0. The van der Waals surface area contributed by atoms with Crippen molar-refractivity contribution in [2.24, 2.45) is 13.0 Å². The fourth-order valence-corrected chi connectivity index (χ4v) is 6.28. The van der Waals surface area contributed by atoms with E-state index in [9.17, 15) is 28.0 Å². The van der Waals surface area contributed by atoms with Gasteiger partial charge < -0.3 is 34.2 Å². The molecule has 2 saturated heterocycles. The van der Waals surface area contributed by atoms with Gasteiger partial charge in [-0.2, -0.15) is 4.39 Å². The Morgan fingerprint density at radius 3 is 2.25 bits per heavy atom. The lowest BCUT2D eigenvalue weighted by Gasteiger charge is -2.38. The molecule has 0 atom stereocenters. The van der Waals surface area contributed by atoms with E-state index in [1.54, 1.807) is 9.80 Å². The fraction of sp³-hybridized carbons (Fsp3) is 0.424. The van der Waals surface area contributed by atoms with Crippen LogP contribution in [0.25, 0.3) is 11.3 Å². The monoisotopic (exact) mass is 685 g/mol. The van der Waals surface area contributed by atoms with Gasteiger partial charge in [0, 0.05) is 63.5 Å². The molecule has 2 aromatic carbocycles. The van der Waals surface area contributed by atoms with Crippen LogP contribution in [0.15, 0.2) is 36.5 Å². The van der Waals surface area contributed by atoms with Gasteiger partial charge in [0.15, 0.2) is 17.4 Å². The van der Waals surface area contributed by atoms with Crippen LogP contribution in [-0.4, -0.2) is 120 Å². The van der Waals surface area contributed by atoms with Crippen molar-refractivity contribution in [2.45, 2.75) is 12.8 Å². The smallest absolute Gasteiger partial charge is 0.291 e. The number of nitrogens with zero attached hydrogens (tertiary/aromatic N) is 6. The van der Waals surface area contributed by atoms with Crippen molar-refractivity contribution in [1.29, 1.82) is 0 Å². The standard InChI is InChI=1S/C33H38ClF2N7O5/c1-39(2)19-27(44)41-11-9-20(10-12-41)32(46)42-13-15-43(16-14-42)33(47)22-6-5-21(17-24(22)34)38-31(45)30-37-18-25(40(30)3)23-7-8-26(48-4)29(36)28(23)35/h5-8,17-18,20H,9-16,19H2,1-4H3,(H,38,45). The van der Waals surface area contributed by atoms with Crippen LogP contribution in [0.3, 0.4) is 0 Å². The summed E-state index contributed by atoms with van der Waals surface area (Å²) < 4.78 is 35.1. The quantitative estimate of drug-likeness (QED) is 0.386. The van der Waals surface area contributed by atoms with Crippen molar-refractivity contribution in [1.82, 2.24) is 29.2 Å². The normalized spacial score (nSPS) is 15.5. The van der Waals surface area contributed by atoms with Gasteiger partial charge in [0.25, 0.3) is 11.8 Å². The molecule has 0 bridgehead atoms. The summed E-state index contributed by atoms with van der Waals surface area (Å²) >= 11 is 6.49. The number of hydrogen-bond acceptors (Lipinski definition) is 7. The summed E-state index contributed by atoms with van der Waals surface area (Å²) in [7, 11) is 6.43. The van der Waals surface area contributed by atoms with Crippen molar-refractivity contribution in [3.8, 4) is 17.0 Å². The summed E-state index contributed by atoms with van der Waals surface area (Å²) in [5.74, 6) is -3.52. The minimum Gasteiger partial charge on any atom is -0.494 e. The average Bonchev–Trinajstić information content (AvgIpc) is 3.46. The maximum atomic E-state index is 14.7. The minimum absolute atomic E-state index is 0.0565. The molecule has 48 heavy (non-hydrogen) atoms. The summed E-state index contributed by atoms with van der Waals surface area (Å²) in [5, 5.41) is 2.80. The predicted molar refractivity (Wildman–Crippen MR) is 175 cm³/mol. The van der Waals surface area contributed by atoms with Crippen molar-refractivity contribution >= 4 is 40.9 Å². The Morgan fingerprint density at radius 1 is 0.958 bits per heavy atom. The largest absolute Gasteiger partial charge is 0.494 e. The van der Waals surface area contributed by atoms with Crippen LogP contribution >= 0.6 is 11.6 Å². The highest BCUT2D eigenvalue weighted by atomic mass is 35.5. The van der Waals surface area contributed by atoms with Gasteiger partial charge in [-0.15, -0.1) is 0 Å². The van der Waals surface area contributed by atoms with Crippen LogP contribution < -0.4 is 10.1 Å². The molecule has 3 heterocycles. The van der Waals surface area contributed by atoms with Crippen LogP contribution in [0.2, 0.25) is 5.02 Å². The Labute approximate surface area is 282 Å². The lowest BCUT2D eigenvalue weighted by molar-refractivity contribution is -0.142. The molecule has 0 aliphatic carbocycles. The molecule has 0 unspecified atom stereocenters. The molecule has 0 saturated carbocycles. The number of piperazine rings is 1. The summed E-state index contributed by atoms with van der Waals surface area (Å²) in [5.41, 5.74) is 0.642. The second-order valence-electron chi connectivity index (χ2n) is 12.1. The summed E-state index contributed by atoms with van der Waals surface area (Å²) in [4.78, 5) is 63.1. The van der Waals surface area contributed by atoms with E-state index in [0.717, 1.165) is 0 Å². The van der Waals surface area contributed by atoms with E-state index in [0.29, 0.717) is 64.3 Å². The van der Waals surface area contributed by atoms with Gasteiger partial charge in [-0.25, -0.2) is 9.37 Å². The van der Waals surface area contributed by atoms with Gasteiger partial charge in [-0.3, -0.25) is 19.2 Å². The number of likely N-dealkylation sites (N-methyl/N-ethyl adjacent to an activating group) is 1. The number of amides is 4. The van der Waals surface area contributed by atoms with Crippen molar-refractivity contribution < 1.29 is 32.7 Å². The number of hydrogen-bond donors (Lipinski definition) is 1. The Balaban J connectivity index is 1.15. The predicted octanol–water partition coefficient (Wildman–Crippen LogP) is 3.36. The zero-order valence-electron chi connectivity index (χ0n) is 27.3. The first-order chi connectivity index (χ1) is 22.9. The number of nitrogens with one attached hydrogen (secondary N) is 1. The molecule has 0 spiro atoms. The molecule has 256 valence electrons. The van der Waals surface area contributed by atoms with E-state index >= 15 is 0 Å². The molecule has 1 N–H and O–H groups in total. The Kier molecular flexibility index (Phi) is 10.6. The maximum Gasteiger partial charge on any atom is 0.291 e. The number of aromatic nitrogens is 2. The van der Waals surface area contributed by atoms with Crippen LogP contribution in [0, 0.1) is 17.6 Å². The Morgan fingerprint density at radius 2 is 1.62 bits per heavy atom. The molecule has 4 amide bonds. The van der Waals surface area contributed by atoms with Crippen molar-refractivity contribution in [3.63, 3.8) is 0 Å². The second-order valence-corrected chi connectivity index (χ2v) is 12.5. The van der Waals surface area contributed by atoms with Crippen molar-refractivity contribution in [2.75, 3.05) is 72.3 Å². The highest BCUT2D eigenvalue weighted by Gasteiger charge is 2.33. The van der Waals surface area contributed by atoms with E-state index in [2.05, 4.69) is 10.3 Å². The van der Waals surface area contributed by atoms with E-state index in [4.69, 9.17) is 16.3 Å². The maximum absolute atomic E-state index is 14.7. The van der Waals surface area contributed by atoms with Crippen molar-refractivity contribution in [3.05, 3.63) is 64.6 Å². The lowest BCUT2D eigenvalue weighted by atomic mass is 9.95. The molecular formula is C33H38ClF2N7O5. The molecule has 1 aromatic heterocycles. The van der Waals surface area contributed by atoms with Gasteiger partial charge in [0.2, 0.25) is 17.6 Å². The molecule has 12 nitrogen and oxygen atoms in total. The summed E-state index contributed by atoms with van der Waals surface area (Å²) in [6.45, 7) is 2.96. The lowest BCUT2D eigenvalue weighted by Crippen LogP contribution is -2.53. The third-order valence-corrected chi connectivity index (χ3v) is 9.03. The first-order valence-corrected chi connectivity index (χ1v) is 15.9. The van der Waals surface area contributed by atoms with Crippen LogP contribution in [0.5, 0.6) is 5.75 Å². The van der Waals surface area contributed by atoms with Gasteiger partial charge in [-0.05, 0) is 57.3 Å². The Hall–Kier alpha value is -4.56. The molecule has 0 radical (unpaired) electrons. The molecule has 3 aromatic rings. The number of rotatable bonds is 8. The fourth-order valence-electron chi connectivity index (χ4n) is 6.02. The molecule has 5 rings (SSSR count). The number of likely N-dealkylation sites (tertiary alicyclic amines) is 1. The number of ether oxygens (including phenoxy) is 1. The molecule has 2 aliphatic rings. The second kappa shape index (κ2) is 14.7. The van der Waals surface area contributed by atoms with Gasteiger partial charge in [0.1, 0.15) is 0 Å². The van der Waals surface area contributed by atoms with Crippen LogP contribution in [-0.2, 0) is 16.6 Å². The molecule has 2 fully saturated rings. The first kappa shape index (κ1) is 34.8. The SMILES string of the molecule is COc1ccc(-c2cnc(C(=O)Nc3ccc(C(=O)N4CCN(C(=O)C5CCN(C(=O)CN(C)C)CC5)CC4)c(Cl)c3)n2C)c(F)c1F. The van der Waals surface area contributed by atoms with E-state index < -0.39 is 17.5 Å². The van der Waals surface area contributed by atoms with Gasteiger partial charge >= 0.3 is 0 Å². The van der Waals surface area contributed by atoms with Gasteiger partial charge in [0.05, 0.1) is 36.1 Å². The molecule has 15 heteroatoms. The number of carbonyl (C=O) groups excluding carboxylic acids is 4. The highest BCUT2D eigenvalue weighted by molar-refractivity contribution is 6.34. The third kappa shape index (κ3) is 7.29. The summed E-state index contributed by atoms with van der Waals surface area (Å²) in [6.07, 6.45) is 2.51. The van der Waals surface area contributed by atoms with Crippen LogP contribution in [0.1, 0.15) is 33.8 Å². The molecule has 2 aliphatic heterocycles. The zero-order chi connectivity index (χ0) is 34.7. The minimum atomic E-state index is -1.15. The number of piperidine rings is 1. The third-order valence-electron chi connectivity index (χ3n) is 8.72. The number of benzene rings is 2.